The van der Waals surface area contributed by atoms with Crippen LogP contribution < -0.4 is 30.8 Å². The van der Waals surface area contributed by atoms with Gasteiger partial charge >= 0.3 is 0 Å². The molecule has 0 aromatic heterocycles. The second-order valence-corrected chi connectivity index (χ2v) is 13.6. The van der Waals surface area contributed by atoms with E-state index in [1.165, 1.54) is 27.1 Å². The summed E-state index contributed by atoms with van der Waals surface area (Å²) in [5, 5.41) is 7.11. The van der Waals surface area contributed by atoms with Gasteiger partial charge in [0.25, 0.3) is 6.71 Å². The second kappa shape index (κ2) is 11.4. The smallest absolute Gasteiger partial charge is 0.260 e. The van der Waals surface area contributed by atoms with Crippen LogP contribution in [0.2, 0.25) is 0 Å². The number of para-hydroxylation sites is 2. The van der Waals surface area contributed by atoms with Gasteiger partial charge in [0, 0.05) is 33.9 Å². The molecule has 0 N–H and O–H groups in total. The Morgan fingerprint density at radius 1 is 0.404 bits per heavy atom. The van der Waals surface area contributed by atoms with E-state index in [1.54, 1.807) is 0 Å². The van der Waals surface area contributed by atoms with Gasteiger partial charge in [0.15, 0.2) is 0 Å². The number of rotatable bonds is 4. The highest BCUT2D eigenvalue weighted by Gasteiger charge is 2.41. The monoisotopic (exact) mass is 663 g/mol. The van der Waals surface area contributed by atoms with Crippen LogP contribution >= 0.6 is 0 Å². The van der Waals surface area contributed by atoms with Gasteiger partial charge in [0.2, 0.25) is 0 Å². The molecule has 11 rings (SSSR count). The van der Waals surface area contributed by atoms with Crippen LogP contribution in [0.5, 0.6) is 23.0 Å². The zero-order valence-corrected chi connectivity index (χ0v) is 28.2. The summed E-state index contributed by atoms with van der Waals surface area (Å²) in [6.07, 6.45) is 0. The zero-order chi connectivity index (χ0) is 34.2. The minimum absolute atomic E-state index is 0.00124. The molecule has 52 heavy (non-hydrogen) atoms. The summed E-state index contributed by atoms with van der Waals surface area (Å²) in [6, 6.07) is 64.9. The third-order valence-corrected chi connectivity index (χ3v) is 10.7. The van der Waals surface area contributed by atoms with Crippen molar-refractivity contribution in [2.24, 2.45) is 0 Å². The van der Waals surface area contributed by atoms with Crippen molar-refractivity contribution in [1.82, 2.24) is 0 Å². The van der Waals surface area contributed by atoms with Crippen molar-refractivity contribution in [3.05, 3.63) is 182 Å². The Labute approximate surface area is 302 Å². The predicted molar refractivity (Wildman–Crippen MR) is 217 cm³/mol. The lowest BCUT2D eigenvalue weighted by molar-refractivity contribution is 0.465. The molecule has 9 aromatic carbocycles. The number of benzene rings is 9. The molecule has 3 nitrogen and oxygen atoms in total. The van der Waals surface area contributed by atoms with Crippen molar-refractivity contribution in [3.8, 4) is 34.1 Å². The van der Waals surface area contributed by atoms with E-state index >= 15 is 0 Å². The van der Waals surface area contributed by atoms with Crippen molar-refractivity contribution in [2.75, 3.05) is 4.90 Å². The second-order valence-electron chi connectivity index (χ2n) is 13.6. The van der Waals surface area contributed by atoms with Gasteiger partial charge in [-0.05, 0) is 56.2 Å². The summed E-state index contributed by atoms with van der Waals surface area (Å²) in [6.45, 7) is 0.00124. The lowest BCUT2D eigenvalue weighted by atomic mass is 9.35. The molecular formula is C48H30BNO2. The number of ether oxygens (including phenoxy) is 2. The minimum Gasteiger partial charge on any atom is -0.458 e. The maximum atomic E-state index is 6.86. The molecule has 0 radical (unpaired) electrons. The van der Waals surface area contributed by atoms with E-state index in [-0.39, 0.29) is 6.71 Å². The summed E-state index contributed by atoms with van der Waals surface area (Å²) in [4.78, 5) is 2.44. The Bertz CT molecular complexity index is 2810. The number of anilines is 3. The zero-order valence-electron chi connectivity index (χ0n) is 28.2. The average Bonchev–Trinajstić information content (AvgIpc) is 3.21. The molecule has 0 bridgehead atoms. The summed E-state index contributed by atoms with van der Waals surface area (Å²) in [5.74, 6) is 3.36. The lowest BCUT2D eigenvalue weighted by Crippen LogP contribution is -2.57. The first-order valence-corrected chi connectivity index (χ1v) is 17.8. The lowest BCUT2D eigenvalue weighted by Gasteiger charge is -2.36. The van der Waals surface area contributed by atoms with Gasteiger partial charge in [-0.2, -0.15) is 0 Å². The number of hydrogen-bond donors (Lipinski definition) is 0. The van der Waals surface area contributed by atoms with Crippen LogP contribution in [0.15, 0.2) is 182 Å². The Morgan fingerprint density at radius 2 is 0.923 bits per heavy atom. The quantitative estimate of drug-likeness (QED) is 0.138. The van der Waals surface area contributed by atoms with E-state index in [0.29, 0.717) is 0 Å². The molecule has 0 aliphatic carbocycles. The molecule has 242 valence electrons. The topological polar surface area (TPSA) is 21.7 Å². The first kappa shape index (κ1) is 29.0. The molecular weight excluding hydrogens is 633 g/mol. The Balaban J connectivity index is 1.28. The molecule has 0 fully saturated rings. The van der Waals surface area contributed by atoms with Gasteiger partial charge in [-0.1, -0.05) is 152 Å². The highest BCUT2D eigenvalue weighted by Crippen LogP contribution is 2.52. The first-order chi connectivity index (χ1) is 25.8. The minimum atomic E-state index is 0.00124. The van der Waals surface area contributed by atoms with Crippen molar-refractivity contribution < 1.29 is 9.47 Å². The molecule has 4 heteroatoms. The normalized spacial score (nSPS) is 12.5. The Hall–Kier alpha value is -6.78. The van der Waals surface area contributed by atoms with Crippen LogP contribution in [-0.2, 0) is 0 Å². The third-order valence-electron chi connectivity index (χ3n) is 10.7. The van der Waals surface area contributed by atoms with Crippen LogP contribution in [-0.4, -0.2) is 6.71 Å². The summed E-state index contributed by atoms with van der Waals surface area (Å²) in [7, 11) is 0. The number of nitrogens with zero attached hydrogens (tertiary/aromatic N) is 1. The van der Waals surface area contributed by atoms with Crippen molar-refractivity contribution in [2.45, 2.75) is 0 Å². The van der Waals surface area contributed by atoms with Gasteiger partial charge in [0.05, 0.1) is 17.1 Å². The van der Waals surface area contributed by atoms with E-state index in [9.17, 15) is 0 Å². The maximum Gasteiger partial charge on any atom is 0.260 e. The average molecular weight is 664 g/mol. The third kappa shape index (κ3) is 4.28. The standard InChI is InChI=1S/C48H30BNO2/c1-2-16-32(17-3-1)46-37-22-8-6-20-35(37)36-21-7-9-23-38(36)48(46)50(41-26-14-18-31-15-4-5-19-34(31)41)33-29-44-47-45(30-33)52-43-28-13-11-25-40(43)49(47)39-24-10-12-27-42(39)51-44/h1-30H. The Morgan fingerprint density at radius 3 is 1.62 bits per heavy atom. The molecule has 0 atom stereocenters. The molecule has 0 amide bonds. The van der Waals surface area contributed by atoms with Crippen LogP contribution in [0, 0.1) is 0 Å². The van der Waals surface area contributed by atoms with E-state index in [2.05, 4.69) is 187 Å². The van der Waals surface area contributed by atoms with Gasteiger partial charge in [0.1, 0.15) is 23.0 Å². The SMILES string of the molecule is c1ccc(-c2c(N(c3cc4c5c(c3)Oc3ccccc3B5c3ccccc3O4)c3cccc4ccccc34)c3ccccc3c3ccccc23)cc1. The van der Waals surface area contributed by atoms with Crippen LogP contribution in [0.3, 0.4) is 0 Å². The van der Waals surface area contributed by atoms with E-state index in [4.69, 9.17) is 9.47 Å². The maximum absolute atomic E-state index is 6.86. The number of hydrogen-bond acceptors (Lipinski definition) is 3. The largest absolute Gasteiger partial charge is 0.458 e. The summed E-state index contributed by atoms with van der Waals surface area (Å²) >= 11 is 0. The van der Waals surface area contributed by atoms with Gasteiger partial charge in [-0.3, -0.25) is 0 Å². The summed E-state index contributed by atoms with van der Waals surface area (Å²) < 4.78 is 13.7. The molecule has 2 aliphatic heterocycles. The van der Waals surface area contributed by atoms with Crippen molar-refractivity contribution in [3.63, 3.8) is 0 Å². The highest BCUT2D eigenvalue weighted by molar-refractivity contribution is 6.98. The predicted octanol–water partition coefficient (Wildman–Crippen LogP) is 11.0. The fourth-order valence-corrected chi connectivity index (χ4v) is 8.55. The molecule has 0 saturated carbocycles. The number of fused-ring (bicyclic) bond motifs is 8. The van der Waals surface area contributed by atoms with Gasteiger partial charge in [-0.25, -0.2) is 0 Å². The first-order valence-electron chi connectivity index (χ1n) is 17.8. The molecule has 2 heterocycles. The van der Waals surface area contributed by atoms with Crippen LogP contribution in [0.1, 0.15) is 0 Å². The van der Waals surface area contributed by atoms with Gasteiger partial charge < -0.3 is 14.4 Å². The molecule has 2 aliphatic rings. The van der Waals surface area contributed by atoms with E-state index < -0.39 is 0 Å². The summed E-state index contributed by atoms with van der Waals surface area (Å²) in [5.41, 5.74) is 8.82. The van der Waals surface area contributed by atoms with Gasteiger partial charge in [-0.15, -0.1) is 0 Å². The fourth-order valence-electron chi connectivity index (χ4n) is 8.55. The van der Waals surface area contributed by atoms with Crippen molar-refractivity contribution >= 4 is 72.5 Å². The van der Waals surface area contributed by atoms with Crippen LogP contribution in [0.25, 0.3) is 43.4 Å². The molecule has 9 aromatic rings. The molecule has 0 spiro atoms. The fraction of sp³-hybridized carbons (Fsp3) is 0. The Kier molecular flexibility index (Phi) is 6.35. The van der Waals surface area contributed by atoms with E-state index in [0.717, 1.165) is 72.8 Å². The van der Waals surface area contributed by atoms with Crippen molar-refractivity contribution in [1.29, 1.82) is 0 Å². The molecule has 0 saturated heterocycles. The highest BCUT2D eigenvalue weighted by atomic mass is 16.5. The van der Waals surface area contributed by atoms with Crippen LogP contribution in [0.4, 0.5) is 17.1 Å². The van der Waals surface area contributed by atoms with E-state index in [1.807, 2.05) is 0 Å². The molecule has 0 unspecified atom stereocenters.